The number of likely N-dealkylation sites (N-methyl/N-ethyl adjacent to an activating group) is 1. The number of furan rings is 1. The lowest BCUT2D eigenvalue weighted by Gasteiger charge is -2.14. The molecule has 4 nitrogen and oxygen atoms in total. The Hall–Kier alpha value is -1.81. The largest absolute Gasteiger partial charge is 0.464 e. The molecule has 0 saturated carbocycles. The summed E-state index contributed by atoms with van der Waals surface area (Å²) in [7, 11) is 1.69. The highest BCUT2D eigenvalue weighted by molar-refractivity contribution is 5.89. The van der Waals surface area contributed by atoms with Gasteiger partial charge in [0.25, 0.3) is 0 Å². The summed E-state index contributed by atoms with van der Waals surface area (Å²) in [5, 5.41) is 9.83. The summed E-state index contributed by atoms with van der Waals surface area (Å²) in [5.74, 6) is -0.0185. The number of aliphatic hydroxyl groups excluding tert-OH is 1. The number of hydrogen-bond acceptors (Lipinski definition) is 3. The van der Waals surface area contributed by atoms with Crippen LogP contribution in [0.3, 0.4) is 0 Å². The first-order valence-electron chi connectivity index (χ1n) is 6.35. The number of fused-ring (bicyclic) bond motifs is 1. The predicted molar refractivity (Wildman–Crippen MR) is 74.1 cm³/mol. The van der Waals surface area contributed by atoms with Crippen LogP contribution in [0.5, 0.6) is 0 Å². The average Bonchev–Trinajstić information content (AvgIpc) is 2.78. The van der Waals surface area contributed by atoms with Crippen LogP contribution in [0.25, 0.3) is 11.0 Å². The lowest BCUT2D eigenvalue weighted by atomic mass is 10.0. The van der Waals surface area contributed by atoms with Crippen molar-refractivity contribution < 1.29 is 14.3 Å². The molecular weight excluding hydrogens is 242 g/mol. The molecule has 2 rings (SSSR count). The lowest BCUT2D eigenvalue weighted by Crippen LogP contribution is -2.30. The molecule has 1 heterocycles. The molecule has 1 aromatic heterocycles. The van der Waals surface area contributed by atoms with Gasteiger partial charge in [-0.15, -0.1) is 0 Å². The van der Waals surface area contributed by atoms with Crippen molar-refractivity contribution in [1.82, 2.24) is 4.90 Å². The molecule has 1 N–H and O–H groups in total. The highest BCUT2D eigenvalue weighted by Crippen LogP contribution is 2.26. The molecule has 0 unspecified atom stereocenters. The Bertz CT molecular complexity index is 601. The van der Waals surface area contributed by atoms with Gasteiger partial charge in [-0.05, 0) is 25.0 Å². The summed E-state index contributed by atoms with van der Waals surface area (Å²) in [6.07, 6.45) is 1.95. The minimum Gasteiger partial charge on any atom is -0.464 e. The van der Waals surface area contributed by atoms with Gasteiger partial charge in [-0.3, -0.25) is 4.79 Å². The fourth-order valence-corrected chi connectivity index (χ4v) is 2.10. The minimum atomic E-state index is -0.0212. The number of benzene rings is 1. The number of amides is 1. The van der Waals surface area contributed by atoms with Crippen molar-refractivity contribution in [1.29, 1.82) is 0 Å². The van der Waals surface area contributed by atoms with Gasteiger partial charge in [0.1, 0.15) is 5.58 Å². The highest BCUT2D eigenvalue weighted by atomic mass is 16.3. The van der Waals surface area contributed by atoms with Crippen LogP contribution in [0.1, 0.15) is 16.7 Å². The first-order valence-corrected chi connectivity index (χ1v) is 6.35. The van der Waals surface area contributed by atoms with E-state index in [1.165, 1.54) is 10.5 Å². The van der Waals surface area contributed by atoms with Crippen LogP contribution in [-0.2, 0) is 11.2 Å². The van der Waals surface area contributed by atoms with E-state index in [-0.39, 0.29) is 12.5 Å². The maximum absolute atomic E-state index is 12.0. The van der Waals surface area contributed by atoms with Gasteiger partial charge in [-0.2, -0.15) is 0 Å². The molecule has 0 saturated heterocycles. The van der Waals surface area contributed by atoms with Crippen LogP contribution in [0.4, 0.5) is 0 Å². The minimum absolute atomic E-state index is 0.0185. The van der Waals surface area contributed by atoms with Crippen molar-refractivity contribution in [2.45, 2.75) is 20.3 Å². The Kier molecular flexibility index (Phi) is 3.90. The van der Waals surface area contributed by atoms with E-state index in [0.29, 0.717) is 13.0 Å². The van der Waals surface area contributed by atoms with Crippen molar-refractivity contribution >= 4 is 16.9 Å². The zero-order chi connectivity index (χ0) is 14.0. The molecule has 2 aromatic rings. The SMILES string of the molecule is Cc1ccc2c(CC(=O)N(C)CCO)coc2c1C. The lowest BCUT2D eigenvalue weighted by molar-refractivity contribution is -0.129. The third-order valence-electron chi connectivity index (χ3n) is 3.54. The van der Waals surface area contributed by atoms with E-state index in [9.17, 15) is 4.79 Å². The molecule has 1 aromatic carbocycles. The van der Waals surface area contributed by atoms with Crippen LogP contribution < -0.4 is 0 Å². The number of hydrogen-bond donors (Lipinski definition) is 1. The van der Waals surface area contributed by atoms with Crippen molar-refractivity contribution in [3.05, 3.63) is 35.1 Å². The second-order valence-electron chi connectivity index (χ2n) is 4.86. The molecule has 0 spiro atoms. The van der Waals surface area contributed by atoms with E-state index in [4.69, 9.17) is 9.52 Å². The molecule has 1 amide bonds. The second kappa shape index (κ2) is 5.45. The standard InChI is InChI=1S/C15H19NO3/c1-10-4-5-13-12(9-19-15(13)11(10)2)8-14(18)16(3)6-7-17/h4-5,9,17H,6-8H2,1-3H3. The van der Waals surface area contributed by atoms with Crippen molar-refractivity contribution in [3.63, 3.8) is 0 Å². The quantitative estimate of drug-likeness (QED) is 0.916. The van der Waals surface area contributed by atoms with Gasteiger partial charge in [0.15, 0.2) is 0 Å². The summed E-state index contributed by atoms with van der Waals surface area (Å²) in [6.45, 7) is 4.39. The summed E-state index contributed by atoms with van der Waals surface area (Å²) >= 11 is 0. The topological polar surface area (TPSA) is 53.7 Å². The van der Waals surface area contributed by atoms with E-state index in [1.807, 2.05) is 26.0 Å². The summed E-state index contributed by atoms with van der Waals surface area (Å²) in [4.78, 5) is 13.5. The van der Waals surface area contributed by atoms with E-state index in [0.717, 1.165) is 22.1 Å². The molecule has 0 aliphatic rings. The fraction of sp³-hybridized carbons (Fsp3) is 0.400. The van der Waals surface area contributed by atoms with Gasteiger partial charge < -0.3 is 14.4 Å². The van der Waals surface area contributed by atoms with Gasteiger partial charge in [0.05, 0.1) is 19.3 Å². The van der Waals surface area contributed by atoms with Crippen LogP contribution in [0, 0.1) is 13.8 Å². The van der Waals surface area contributed by atoms with E-state index < -0.39 is 0 Å². The smallest absolute Gasteiger partial charge is 0.226 e. The third kappa shape index (κ3) is 2.63. The molecular formula is C15H19NO3. The fourth-order valence-electron chi connectivity index (χ4n) is 2.10. The van der Waals surface area contributed by atoms with E-state index >= 15 is 0 Å². The summed E-state index contributed by atoms with van der Waals surface area (Å²) in [5.41, 5.74) is 4.04. The molecule has 0 radical (unpaired) electrons. The maximum atomic E-state index is 12.0. The molecule has 102 valence electrons. The monoisotopic (exact) mass is 261 g/mol. The molecule has 0 atom stereocenters. The Morgan fingerprint density at radius 3 is 2.79 bits per heavy atom. The predicted octanol–water partition coefficient (Wildman–Crippen LogP) is 2.04. The zero-order valence-corrected chi connectivity index (χ0v) is 11.6. The van der Waals surface area contributed by atoms with Gasteiger partial charge in [0, 0.05) is 24.5 Å². The first-order chi connectivity index (χ1) is 9.04. The average molecular weight is 261 g/mol. The number of rotatable bonds is 4. The summed E-state index contributed by atoms with van der Waals surface area (Å²) < 4.78 is 5.58. The maximum Gasteiger partial charge on any atom is 0.226 e. The Morgan fingerprint density at radius 2 is 2.11 bits per heavy atom. The van der Waals surface area contributed by atoms with Crippen molar-refractivity contribution in [2.24, 2.45) is 0 Å². The zero-order valence-electron chi connectivity index (χ0n) is 11.6. The molecule has 0 bridgehead atoms. The van der Waals surface area contributed by atoms with Crippen molar-refractivity contribution in [3.8, 4) is 0 Å². The van der Waals surface area contributed by atoms with Crippen molar-refractivity contribution in [2.75, 3.05) is 20.2 Å². The Labute approximate surface area is 112 Å². The van der Waals surface area contributed by atoms with Gasteiger partial charge >= 0.3 is 0 Å². The second-order valence-corrected chi connectivity index (χ2v) is 4.86. The molecule has 4 heteroatoms. The molecule has 0 aliphatic carbocycles. The van der Waals surface area contributed by atoms with Gasteiger partial charge in [-0.1, -0.05) is 12.1 Å². The molecule has 0 aliphatic heterocycles. The van der Waals surface area contributed by atoms with Crippen LogP contribution in [-0.4, -0.2) is 36.1 Å². The first kappa shape index (κ1) is 13.6. The van der Waals surface area contributed by atoms with E-state index in [1.54, 1.807) is 13.3 Å². The number of aryl methyl sites for hydroxylation is 2. The molecule has 0 fully saturated rings. The van der Waals surface area contributed by atoms with E-state index in [2.05, 4.69) is 0 Å². The Morgan fingerprint density at radius 1 is 1.37 bits per heavy atom. The summed E-state index contributed by atoms with van der Waals surface area (Å²) in [6, 6.07) is 4.04. The number of aliphatic hydroxyl groups is 1. The number of nitrogens with zero attached hydrogens (tertiary/aromatic N) is 1. The highest BCUT2D eigenvalue weighted by Gasteiger charge is 2.15. The Balaban J connectivity index is 2.27. The van der Waals surface area contributed by atoms with Crippen LogP contribution >= 0.6 is 0 Å². The third-order valence-corrected chi connectivity index (χ3v) is 3.54. The van der Waals surface area contributed by atoms with Crippen LogP contribution in [0.2, 0.25) is 0 Å². The van der Waals surface area contributed by atoms with Gasteiger partial charge in [0.2, 0.25) is 5.91 Å². The van der Waals surface area contributed by atoms with Crippen LogP contribution in [0.15, 0.2) is 22.8 Å². The molecule has 19 heavy (non-hydrogen) atoms. The van der Waals surface area contributed by atoms with Gasteiger partial charge in [-0.25, -0.2) is 0 Å². The number of carbonyl (C=O) groups excluding carboxylic acids is 1. The number of carbonyl (C=O) groups is 1. The normalized spacial score (nSPS) is 10.9.